The molecule has 0 aromatic heterocycles. The van der Waals surface area contributed by atoms with E-state index in [1.165, 1.54) is 23.3 Å². The van der Waals surface area contributed by atoms with E-state index in [1.807, 2.05) is 91.7 Å². The number of rotatable bonds is 18. The average molecular weight is 913 g/mol. The summed E-state index contributed by atoms with van der Waals surface area (Å²) in [6.45, 7) is 12.1. The normalized spacial score (nSPS) is 15.9. The number of amides is 1. The van der Waals surface area contributed by atoms with E-state index in [0.717, 1.165) is 87.7 Å². The standard InChI is InChI=1S/C47H54ClN7O6S2/c1-35(2)61-54-30-26-51(27-31-54)23-22-40(34-62-42-9-4-3-5-10-42)49-45-21-20-43(32-46(45)55(57)58)63(59,60)50-47(56)37-14-18-41(19-15-37)53-28-24-52(25-29-53)33-38-8-6-7-11-44(38)36-12-16-39(48)17-13-36/h3-21,32,35,40,49H,22-31,33-34H2,1-2H3,(H,50,56)/t40-/m1/s1. The number of anilines is 2. The van der Waals surface area contributed by atoms with Gasteiger partial charge in [-0.2, -0.15) is 5.06 Å². The molecular formula is C47H54ClN7O6S2. The van der Waals surface area contributed by atoms with Gasteiger partial charge in [0, 0.05) is 104 Å². The second-order valence-corrected chi connectivity index (χ2v) is 19.2. The number of benzene rings is 5. The van der Waals surface area contributed by atoms with Crippen molar-refractivity contribution >= 4 is 56.4 Å². The van der Waals surface area contributed by atoms with E-state index in [1.54, 1.807) is 23.9 Å². The molecule has 0 unspecified atom stereocenters. The molecule has 2 heterocycles. The SMILES string of the molecule is CC(C)ON1CCN(CC[C@H](CSc2ccccc2)Nc2ccc(S(=O)(=O)NC(=O)c3ccc(N4CCN(Cc5ccccc5-c5ccc(Cl)cc5)CC4)cc3)cc2[N+](=O)[O-])CC1. The molecule has 0 bridgehead atoms. The van der Waals surface area contributed by atoms with Gasteiger partial charge in [-0.15, -0.1) is 11.8 Å². The zero-order chi connectivity index (χ0) is 44.3. The molecular weight excluding hydrogens is 858 g/mol. The van der Waals surface area contributed by atoms with Crippen LogP contribution in [0.3, 0.4) is 0 Å². The minimum atomic E-state index is -4.46. The molecule has 2 fully saturated rings. The lowest BCUT2D eigenvalue weighted by Gasteiger charge is -2.36. The number of hydroxylamine groups is 2. The minimum Gasteiger partial charge on any atom is -0.376 e. The van der Waals surface area contributed by atoms with Gasteiger partial charge in [0.1, 0.15) is 5.69 Å². The summed E-state index contributed by atoms with van der Waals surface area (Å²) >= 11 is 7.78. The summed E-state index contributed by atoms with van der Waals surface area (Å²) in [4.78, 5) is 38.7. The lowest BCUT2D eigenvalue weighted by atomic mass is 9.99. The Labute approximate surface area is 379 Å². The topological polar surface area (TPSA) is 141 Å². The quantitative estimate of drug-likeness (QED) is 0.0497. The van der Waals surface area contributed by atoms with Crippen molar-refractivity contribution in [2.24, 2.45) is 0 Å². The average Bonchev–Trinajstić information content (AvgIpc) is 3.28. The summed E-state index contributed by atoms with van der Waals surface area (Å²) in [6.07, 6.45) is 0.821. The molecule has 5 aromatic carbocycles. The number of hydrogen-bond acceptors (Lipinski definition) is 12. The fraction of sp³-hybridized carbons (Fsp3) is 0.340. The molecule has 63 heavy (non-hydrogen) atoms. The van der Waals surface area contributed by atoms with Crippen molar-refractivity contribution in [3.8, 4) is 11.1 Å². The Morgan fingerprint density at radius 2 is 1.49 bits per heavy atom. The van der Waals surface area contributed by atoms with Crippen LogP contribution in [0.4, 0.5) is 17.1 Å². The van der Waals surface area contributed by atoms with E-state index in [0.29, 0.717) is 17.2 Å². The summed E-state index contributed by atoms with van der Waals surface area (Å²) in [5, 5.41) is 18.5. The molecule has 16 heteroatoms. The molecule has 1 atom stereocenters. The number of halogens is 1. The van der Waals surface area contributed by atoms with Gasteiger partial charge in [0.2, 0.25) is 0 Å². The first-order valence-corrected chi connectivity index (χ1v) is 24.1. The monoisotopic (exact) mass is 911 g/mol. The van der Waals surface area contributed by atoms with Crippen molar-refractivity contribution in [1.29, 1.82) is 0 Å². The van der Waals surface area contributed by atoms with Crippen LogP contribution >= 0.6 is 23.4 Å². The smallest absolute Gasteiger partial charge is 0.293 e. The fourth-order valence-corrected chi connectivity index (χ4v) is 9.93. The Bertz CT molecular complexity index is 2410. The first kappa shape index (κ1) is 46.0. The maximum atomic E-state index is 13.5. The molecule has 5 aromatic rings. The van der Waals surface area contributed by atoms with Gasteiger partial charge < -0.3 is 15.1 Å². The maximum Gasteiger partial charge on any atom is 0.293 e. The van der Waals surface area contributed by atoms with Crippen molar-refractivity contribution in [3.05, 3.63) is 148 Å². The van der Waals surface area contributed by atoms with E-state index in [4.69, 9.17) is 16.4 Å². The summed E-state index contributed by atoms with van der Waals surface area (Å²) < 4.78 is 29.2. The summed E-state index contributed by atoms with van der Waals surface area (Å²) in [6, 6.07) is 36.6. The molecule has 2 saturated heterocycles. The molecule has 332 valence electrons. The number of thioether (sulfide) groups is 1. The van der Waals surface area contributed by atoms with Crippen molar-refractivity contribution in [2.45, 2.75) is 48.7 Å². The Balaban J connectivity index is 0.952. The lowest BCUT2D eigenvalue weighted by Crippen LogP contribution is -2.47. The van der Waals surface area contributed by atoms with Crippen LogP contribution < -0.4 is 14.9 Å². The molecule has 2 aliphatic rings. The van der Waals surface area contributed by atoms with Crippen LogP contribution in [-0.4, -0.2) is 111 Å². The van der Waals surface area contributed by atoms with E-state index in [2.05, 4.69) is 42.9 Å². The van der Waals surface area contributed by atoms with Crippen molar-refractivity contribution in [1.82, 2.24) is 19.6 Å². The lowest BCUT2D eigenvalue weighted by molar-refractivity contribution is -0.384. The zero-order valence-electron chi connectivity index (χ0n) is 35.6. The van der Waals surface area contributed by atoms with Gasteiger partial charge in [-0.25, -0.2) is 13.1 Å². The molecule has 0 saturated carbocycles. The van der Waals surface area contributed by atoms with Gasteiger partial charge in [-0.05, 0) is 97.6 Å². The summed E-state index contributed by atoms with van der Waals surface area (Å²) in [5.41, 5.74) is 4.44. The molecule has 0 spiro atoms. The molecule has 0 radical (unpaired) electrons. The number of sulfonamides is 1. The molecule has 2 N–H and O–H groups in total. The van der Waals surface area contributed by atoms with Crippen LogP contribution in [0.2, 0.25) is 5.02 Å². The van der Waals surface area contributed by atoms with E-state index in [9.17, 15) is 23.3 Å². The second-order valence-electron chi connectivity index (χ2n) is 16.0. The summed E-state index contributed by atoms with van der Waals surface area (Å²) in [7, 11) is -4.46. The first-order valence-electron chi connectivity index (χ1n) is 21.3. The predicted octanol–water partition coefficient (Wildman–Crippen LogP) is 8.28. The highest BCUT2D eigenvalue weighted by Gasteiger charge is 2.27. The van der Waals surface area contributed by atoms with E-state index < -0.39 is 26.5 Å². The zero-order valence-corrected chi connectivity index (χ0v) is 38.0. The number of nitro groups is 1. The van der Waals surface area contributed by atoms with Crippen LogP contribution in [0, 0.1) is 10.1 Å². The third-order valence-corrected chi connectivity index (χ3v) is 13.9. The van der Waals surface area contributed by atoms with E-state index >= 15 is 0 Å². The number of piperazine rings is 2. The largest absolute Gasteiger partial charge is 0.376 e. The highest BCUT2D eigenvalue weighted by atomic mass is 35.5. The van der Waals surface area contributed by atoms with Gasteiger partial charge in [0.05, 0.1) is 15.9 Å². The van der Waals surface area contributed by atoms with Crippen LogP contribution in [0.25, 0.3) is 11.1 Å². The van der Waals surface area contributed by atoms with Gasteiger partial charge in [-0.1, -0.05) is 66.2 Å². The minimum absolute atomic E-state index is 0.119. The Hall–Kier alpha value is -5.00. The highest BCUT2D eigenvalue weighted by Crippen LogP contribution is 2.31. The number of hydrogen-bond donors (Lipinski definition) is 2. The molecule has 0 aliphatic carbocycles. The van der Waals surface area contributed by atoms with Crippen molar-refractivity contribution in [3.63, 3.8) is 0 Å². The molecule has 1 amide bonds. The van der Waals surface area contributed by atoms with Crippen LogP contribution in [0.5, 0.6) is 0 Å². The Morgan fingerprint density at radius 1 is 0.825 bits per heavy atom. The fourth-order valence-electron chi connectivity index (χ4n) is 7.82. The summed E-state index contributed by atoms with van der Waals surface area (Å²) in [5.74, 6) is -0.200. The number of carbonyl (C=O) groups excluding carboxylic acids is 1. The van der Waals surface area contributed by atoms with Gasteiger partial charge >= 0.3 is 0 Å². The molecule has 7 rings (SSSR count). The van der Waals surface area contributed by atoms with Crippen LogP contribution in [0.1, 0.15) is 36.2 Å². The molecule has 13 nitrogen and oxygen atoms in total. The third kappa shape index (κ3) is 12.8. The number of nitrogens with zero attached hydrogens (tertiary/aromatic N) is 5. The third-order valence-electron chi connectivity index (χ3n) is 11.2. The Kier molecular flexibility index (Phi) is 15.8. The van der Waals surface area contributed by atoms with Crippen LogP contribution in [0.15, 0.2) is 131 Å². The Morgan fingerprint density at radius 3 is 2.17 bits per heavy atom. The first-order chi connectivity index (χ1) is 30.4. The van der Waals surface area contributed by atoms with Crippen molar-refractivity contribution in [2.75, 3.05) is 74.9 Å². The van der Waals surface area contributed by atoms with Gasteiger partial charge in [0.15, 0.2) is 0 Å². The highest BCUT2D eigenvalue weighted by molar-refractivity contribution is 7.99. The maximum absolute atomic E-state index is 13.5. The van der Waals surface area contributed by atoms with E-state index in [-0.39, 0.29) is 28.3 Å². The van der Waals surface area contributed by atoms with Gasteiger partial charge in [-0.3, -0.25) is 24.6 Å². The van der Waals surface area contributed by atoms with Gasteiger partial charge in [0.25, 0.3) is 21.6 Å². The second kappa shape index (κ2) is 21.6. The number of carbonyl (C=O) groups is 1. The van der Waals surface area contributed by atoms with Crippen LogP contribution in [-0.2, 0) is 21.4 Å². The predicted molar refractivity (Wildman–Crippen MR) is 252 cm³/mol. The number of nitrogens with one attached hydrogen (secondary N) is 2. The molecule has 2 aliphatic heterocycles. The number of nitro benzene ring substituents is 1. The van der Waals surface area contributed by atoms with Crippen molar-refractivity contribution < 1.29 is 23.0 Å².